The molecule has 3 rings (SSSR count). The lowest BCUT2D eigenvalue weighted by atomic mass is 9.75. The van der Waals surface area contributed by atoms with E-state index in [-0.39, 0.29) is 18.3 Å². The van der Waals surface area contributed by atoms with Crippen LogP contribution in [0.15, 0.2) is 48.5 Å². The number of aliphatic carboxylic acids is 1. The molecule has 0 bridgehead atoms. The molecule has 0 radical (unpaired) electrons. The van der Waals surface area contributed by atoms with Gasteiger partial charge in [0.05, 0.1) is 19.6 Å². The summed E-state index contributed by atoms with van der Waals surface area (Å²) in [4.78, 5) is 36.9. The van der Waals surface area contributed by atoms with Gasteiger partial charge >= 0.3 is 11.9 Å². The summed E-state index contributed by atoms with van der Waals surface area (Å²) in [5.74, 6) is -0.184. The monoisotopic (exact) mass is 582 g/mol. The van der Waals surface area contributed by atoms with Crippen LogP contribution in [-0.4, -0.2) is 59.9 Å². The number of nitrogens with one attached hydrogen (secondary N) is 2. The van der Waals surface area contributed by atoms with Gasteiger partial charge in [0.1, 0.15) is 12.1 Å². The Hall–Kier alpha value is -3.59. The summed E-state index contributed by atoms with van der Waals surface area (Å²) >= 11 is 0. The summed E-state index contributed by atoms with van der Waals surface area (Å²) in [6, 6.07) is 12.6. The van der Waals surface area contributed by atoms with E-state index in [4.69, 9.17) is 9.47 Å². The van der Waals surface area contributed by atoms with Gasteiger partial charge in [-0.25, -0.2) is 4.79 Å². The SMILES string of the molecule is COC(=O)[C@H](Cc1ccccc1)NC(=O)[C@H](CC(=O)O)NCCCc1ccc(O)c(OC2CC(C)CCC2C(C)C)c1. The Kier molecular flexibility index (Phi) is 12.7. The number of methoxy groups -OCH3 is 1. The molecule has 4 N–H and O–H groups in total. The number of benzene rings is 2. The molecule has 9 nitrogen and oxygen atoms in total. The van der Waals surface area contributed by atoms with Crippen molar-refractivity contribution < 1.29 is 34.1 Å². The highest BCUT2D eigenvalue weighted by atomic mass is 16.5. The molecule has 230 valence electrons. The third-order valence-electron chi connectivity index (χ3n) is 8.08. The summed E-state index contributed by atoms with van der Waals surface area (Å²) in [5, 5.41) is 25.6. The second-order valence-corrected chi connectivity index (χ2v) is 11.8. The number of ether oxygens (including phenoxy) is 2. The lowest BCUT2D eigenvalue weighted by Gasteiger charge is -2.37. The maximum atomic E-state index is 13.0. The molecule has 0 aliphatic heterocycles. The van der Waals surface area contributed by atoms with Gasteiger partial charge in [0, 0.05) is 6.42 Å². The van der Waals surface area contributed by atoms with Crippen LogP contribution in [0.5, 0.6) is 11.5 Å². The molecular formula is C33H46N2O7. The number of carboxylic acids is 1. The molecule has 2 aromatic carbocycles. The molecule has 0 aromatic heterocycles. The number of carboxylic acid groups (broad SMARTS) is 1. The normalized spacial score (nSPS) is 20.0. The summed E-state index contributed by atoms with van der Waals surface area (Å²) in [6.07, 6.45) is 4.38. The molecule has 3 unspecified atom stereocenters. The van der Waals surface area contributed by atoms with E-state index < -0.39 is 36.4 Å². The molecule has 1 fully saturated rings. The summed E-state index contributed by atoms with van der Waals surface area (Å²) < 4.78 is 11.2. The van der Waals surface area contributed by atoms with Crippen LogP contribution in [0.1, 0.15) is 64.0 Å². The fourth-order valence-electron chi connectivity index (χ4n) is 5.68. The second-order valence-electron chi connectivity index (χ2n) is 11.8. The number of hydrogen-bond donors (Lipinski definition) is 4. The second kappa shape index (κ2) is 16.2. The average Bonchev–Trinajstić information content (AvgIpc) is 2.95. The molecule has 1 amide bonds. The van der Waals surface area contributed by atoms with E-state index in [0.29, 0.717) is 42.9 Å². The van der Waals surface area contributed by atoms with Gasteiger partial charge in [-0.15, -0.1) is 0 Å². The zero-order valence-corrected chi connectivity index (χ0v) is 25.2. The molecule has 1 aliphatic rings. The first kappa shape index (κ1) is 32.9. The Balaban J connectivity index is 1.58. The fourth-order valence-corrected chi connectivity index (χ4v) is 5.68. The number of aromatic hydroxyl groups is 1. The number of amides is 1. The number of carbonyl (C=O) groups is 3. The van der Waals surface area contributed by atoms with Crippen LogP contribution in [0.4, 0.5) is 0 Å². The maximum Gasteiger partial charge on any atom is 0.328 e. The number of hydrogen-bond acceptors (Lipinski definition) is 7. The molecule has 0 saturated heterocycles. The first-order valence-electron chi connectivity index (χ1n) is 14.9. The van der Waals surface area contributed by atoms with Gasteiger partial charge in [0.15, 0.2) is 11.5 Å². The zero-order chi connectivity index (χ0) is 30.6. The van der Waals surface area contributed by atoms with E-state index in [9.17, 15) is 24.6 Å². The third kappa shape index (κ3) is 10.0. The first-order chi connectivity index (χ1) is 20.1. The van der Waals surface area contributed by atoms with Crippen LogP contribution in [0.2, 0.25) is 0 Å². The number of rotatable bonds is 15. The van der Waals surface area contributed by atoms with Crippen LogP contribution in [0.25, 0.3) is 0 Å². The Morgan fingerprint density at radius 1 is 1.02 bits per heavy atom. The van der Waals surface area contributed by atoms with Gasteiger partial charge < -0.3 is 30.3 Å². The minimum Gasteiger partial charge on any atom is -0.504 e. The average molecular weight is 583 g/mol. The van der Waals surface area contributed by atoms with Crippen molar-refractivity contribution in [2.24, 2.45) is 17.8 Å². The standard InChI is InChI=1S/C33H46N2O7/c1-21(2)25-14-12-22(3)17-29(25)42-30-19-24(13-15-28(30)36)11-8-16-34-26(20-31(37)38)32(39)35-27(33(40)41-4)18-23-9-6-5-7-10-23/h5-7,9-10,13,15,19,21-22,25-27,29,34,36H,8,11-12,14,16-18,20H2,1-4H3,(H,35,39)(H,37,38)/t22?,25?,26-,27-,29?/m0/s1. The van der Waals surface area contributed by atoms with Crippen molar-refractivity contribution in [2.45, 2.75) is 83.9 Å². The van der Waals surface area contributed by atoms with Crippen molar-refractivity contribution in [1.82, 2.24) is 10.6 Å². The molecule has 0 spiro atoms. The van der Waals surface area contributed by atoms with E-state index in [1.54, 1.807) is 6.07 Å². The Labute approximate surface area is 249 Å². The van der Waals surface area contributed by atoms with Crippen LogP contribution in [-0.2, 0) is 32.0 Å². The lowest BCUT2D eigenvalue weighted by molar-refractivity contribution is -0.145. The van der Waals surface area contributed by atoms with Crippen LogP contribution >= 0.6 is 0 Å². The highest BCUT2D eigenvalue weighted by Gasteiger charge is 2.33. The van der Waals surface area contributed by atoms with E-state index in [0.717, 1.165) is 24.0 Å². The Bertz CT molecular complexity index is 1170. The smallest absolute Gasteiger partial charge is 0.328 e. The highest BCUT2D eigenvalue weighted by Crippen LogP contribution is 2.38. The quantitative estimate of drug-likeness (QED) is 0.178. The fraction of sp³-hybridized carbons (Fsp3) is 0.545. The van der Waals surface area contributed by atoms with Gasteiger partial charge in [-0.2, -0.15) is 0 Å². The number of phenolic OH excluding ortho intramolecular Hbond substituents is 1. The van der Waals surface area contributed by atoms with Gasteiger partial charge in [0.2, 0.25) is 5.91 Å². The number of aryl methyl sites for hydroxylation is 1. The van der Waals surface area contributed by atoms with Gasteiger partial charge in [-0.1, -0.05) is 63.6 Å². The van der Waals surface area contributed by atoms with Gasteiger partial charge in [-0.3, -0.25) is 9.59 Å². The number of carbonyl (C=O) groups excluding carboxylic acids is 2. The maximum absolute atomic E-state index is 13.0. The molecule has 1 aliphatic carbocycles. The molecule has 2 aromatic rings. The van der Waals surface area contributed by atoms with Crippen molar-refractivity contribution >= 4 is 17.8 Å². The van der Waals surface area contributed by atoms with Gasteiger partial charge in [-0.05, 0) is 73.2 Å². The highest BCUT2D eigenvalue weighted by molar-refractivity contribution is 5.90. The van der Waals surface area contributed by atoms with Gasteiger partial charge in [0.25, 0.3) is 0 Å². The molecule has 1 saturated carbocycles. The predicted molar refractivity (Wildman–Crippen MR) is 160 cm³/mol. The zero-order valence-electron chi connectivity index (χ0n) is 25.2. The minimum atomic E-state index is -1.13. The summed E-state index contributed by atoms with van der Waals surface area (Å²) in [6.45, 7) is 7.06. The largest absolute Gasteiger partial charge is 0.504 e. The Morgan fingerprint density at radius 3 is 2.43 bits per heavy atom. The molecule has 0 heterocycles. The van der Waals surface area contributed by atoms with E-state index in [2.05, 4.69) is 31.4 Å². The van der Waals surface area contributed by atoms with Crippen LogP contribution in [0, 0.1) is 17.8 Å². The molecule has 42 heavy (non-hydrogen) atoms. The van der Waals surface area contributed by atoms with Crippen molar-refractivity contribution in [3.8, 4) is 11.5 Å². The molecular weight excluding hydrogens is 536 g/mol. The van der Waals surface area contributed by atoms with E-state index in [1.165, 1.54) is 13.5 Å². The predicted octanol–water partition coefficient (Wildman–Crippen LogP) is 4.50. The van der Waals surface area contributed by atoms with Crippen molar-refractivity contribution in [2.75, 3.05) is 13.7 Å². The summed E-state index contributed by atoms with van der Waals surface area (Å²) in [5.41, 5.74) is 1.81. The summed E-state index contributed by atoms with van der Waals surface area (Å²) in [7, 11) is 1.25. The topological polar surface area (TPSA) is 134 Å². The number of phenols is 1. The Morgan fingerprint density at radius 2 is 1.76 bits per heavy atom. The van der Waals surface area contributed by atoms with Crippen molar-refractivity contribution in [3.05, 3.63) is 59.7 Å². The molecule has 5 atom stereocenters. The molecule has 9 heteroatoms. The number of esters is 1. The third-order valence-corrected chi connectivity index (χ3v) is 8.08. The first-order valence-corrected chi connectivity index (χ1v) is 14.9. The van der Waals surface area contributed by atoms with Crippen molar-refractivity contribution in [3.63, 3.8) is 0 Å². The van der Waals surface area contributed by atoms with Crippen molar-refractivity contribution in [1.29, 1.82) is 0 Å². The van der Waals surface area contributed by atoms with Crippen LogP contribution < -0.4 is 15.4 Å². The van der Waals surface area contributed by atoms with Crippen LogP contribution in [0.3, 0.4) is 0 Å². The van der Waals surface area contributed by atoms with E-state index in [1.807, 2.05) is 42.5 Å². The van der Waals surface area contributed by atoms with E-state index >= 15 is 0 Å². The minimum absolute atomic E-state index is 0.0579. The lowest BCUT2D eigenvalue weighted by Crippen LogP contribution is -2.52.